The van der Waals surface area contributed by atoms with Crippen LogP contribution in [-0.2, 0) is 4.74 Å². The Hall–Kier alpha value is -0.240. The van der Waals surface area contributed by atoms with E-state index in [1.165, 1.54) is 0 Å². The van der Waals surface area contributed by atoms with Gasteiger partial charge in [-0.15, -0.1) is 0 Å². The van der Waals surface area contributed by atoms with Gasteiger partial charge in [0.1, 0.15) is 6.07 Å². The molecule has 0 unspecified atom stereocenters. The maximum Gasteiger partial charge on any atom is 0.462 e. The maximum absolute atomic E-state index is 11.9. The molecule has 0 bridgehead atoms. The predicted molar refractivity (Wildman–Crippen MR) is 27.8 cm³/mol. The van der Waals surface area contributed by atoms with Crippen LogP contribution in [0.3, 0.4) is 0 Å². The van der Waals surface area contributed by atoms with E-state index in [2.05, 4.69) is 16.3 Å². The molecule has 0 radical (unpaired) electrons. The number of hydrogen-bond acceptors (Lipinski definition) is 1. The van der Waals surface area contributed by atoms with Gasteiger partial charge in [-0.1, -0.05) is 11.6 Å². The number of halogens is 8. The summed E-state index contributed by atoms with van der Waals surface area (Å²) in [5.41, 5.74) is 0. The molecule has 9 heteroatoms. The van der Waals surface area contributed by atoms with E-state index in [1.54, 1.807) is 0 Å². The maximum atomic E-state index is 11.9. The van der Waals surface area contributed by atoms with Crippen LogP contribution in [0.25, 0.3) is 0 Å². The molecular formula is C4H2ClF7O. The van der Waals surface area contributed by atoms with Gasteiger partial charge in [0.2, 0.25) is 0 Å². The summed E-state index contributed by atoms with van der Waals surface area (Å²) in [6.45, 7) is 0. The summed E-state index contributed by atoms with van der Waals surface area (Å²) in [4.78, 5) is 0. The lowest BCUT2D eigenvalue weighted by atomic mass is 10.3. The fourth-order valence-electron chi connectivity index (χ4n) is 0.324. The summed E-state index contributed by atoms with van der Waals surface area (Å²) in [6, 6.07) is -1.47. The van der Waals surface area contributed by atoms with Crippen LogP contribution in [0.1, 0.15) is 0 Å². The van der Waals surface area contributed by atoms with Crippen molar-refractivity contribution in [3.8, 4) is 0 Å². The first kappa shape index (κ1) is 12.8. The molecule has 80 valence electrons. The highest BCUT2D eigenvalue weighted by atomic mass is 35.5. The summed E-state index contributed by atoms with van der Waals surface area (Å²) in [6.07, 6.45) is -12.0. The molecule has 0 aromatic carbocycles. The fraction of sp³-hybridized carbons (Fsp3) is 1.00. The number of alkyl halides is 8. The Morgan fingerprint density at radius 1 is 0.923 bits per heavy atom. The smallest absolute Gasteiger partial charge is 0.299 e. The standard InChI is InChI=1S/C4H2ClF7O/c5-1-13-4(11,12)2(6,7)3(8,9)10/h1H2. The van der Waals surface area contributed by atoms with E-state index in [1.807, 2.05) is 0 Å². The molecule has 0 aliphatic carbocycles. The lowest BCUT2D eigenvalue weighted by Crippen LogP contribution is -2.53. The van der Waals surface area contributed by atoms with E-state index >= 15 is 0 Å². The highest BCUT2D eigenvalue weighted by Gasteiger charge is 2.74. The molecule has 0 aliphatic heterocycles. The molecule has 0 saturated heterocycles. The zero-order valence-electron chi connectivity index (χ0n) is 5.64. The van der Waals surface area contributed by atoms with Crippen molar-refractivity contribution >= 4 is 11.6 Å². The van der Waals surface area contributed by atoms with Crippen LogP contribution in [0.2, 0.25) is 0 Å². The summed E-state index contributed by atoms with van der Waals surface area (Å²) >= 11 is 4.44. The van der Waals surface area contributed by atoms with Crippen LogP contribution in [-0.4, -0.2) is 24.3 Å². The largest absolute Gasteiger partial charge is 0.462 e. The Labute approximate surface area is 72.4 Å². The monoisotopic (exact) mass is 234 g/mol. The number of rotatable bonds is 3. The van der Waals surface area contributed by atoms with Crippen molar-refractivity contribution in [2.75, 3.05) is 6.07 Å². The van der Waals surface area contributed by atoms with Gasteiger partial charge in [-0.3, -0.25) is 4.74 Å². The molecule has 1 nitrogen and oxygen atoms in total. The molecule has 0 rings (SSSR count). The van der Waals surface area contributed by atoms with Gasteiger partial charge in [-0.05, 0) is 0 Å². The van der Waals surface area contributed by atoms with E-state index in [4.69, 9.17) is 0 Å². The van der Waals surface area contributed by atoms with Crippen molar-refractivity contribution in [3.63, 3.8) is 0 Å². The van der Waals surface area contributed by atoms with Crippen molar-refractivity contribution in [3.05, 3.63) is 0 Å². The minimum atomic E-state index is -6.39. The highest BCUT2D eigenvalue weighted by Crippen LogP contribution is 2.46. The zero-order valence-corrected chi connectivity index (χ0v) is 6.39. The van der Waals surface area contributed by atoms with Gasteiger partial charge in [0, 0.05) is 0 Å². The topological polar surface area (TPSA) is 9.23 Å². The van der Waals surface area contributed by atoms with Crippen molar-refractivity contribution in [1.82, 2.24) is 0 Å². The van der Waals surface area contributed by atoms with Crippen molar-refractivity contribution < 1.29 is 35.5 Å². The first-order chi connectivity index (χ1) is 5.56. The van der Waals surface area contributed by atoms with E-state index in [-0.39, 0.29) is 0 Å². The third kappa shape index (κ3) is 2.37. The normalized spacial score (nSPS) is 14.8. The van der Waals surface area contributed by atoms with Crippen molar-refractivity contribution in [2.24, 2.45) is 0 Å². The molecule has 0 fully saturated rings. The Kier molecular flexibility index (Phi) is 3.42. The molecule has 0 amide bonds. The molecule has 0 spiro atoms. The Balaban J connectivity index is 4.81. The number of hydrogen-bond donors (Lipinski definition) is 0. The second-order valence-electron chi connectivity index (χ2n) is 1.84. The number of ether oxygens (including phenoxy) is 1. The van der Waals surface area contributed by atoms with Crippen LogP contribution in [0.5, 0.6) is 0 Å². The van der Waals surface area contributed by atoms with Crippen molar-refractivity contribution in [1.29, 1.82) is 0 Å². The second kappa shape index (κ2) is 3.49. The van der Waals surface area contributed by atoms with Gasteiger partial charge in [0.15, 0.2) is 0 Å². The molecular weight excluding hydrogens is 232 g/mol. The molecule has 0 aliphatic rings. The van der Waals surface area contributed by atoms with Crippen LogP contribution < -0.4 is 0 Å². The summed E-state index contributed by atoms with van der Waals surface area (Å²) in [5.74, 6) is -6.26. The van der Waals surface area contributed by atoms with Crippen LogP contribution >= 0.6 is 11.6 Å². The van der Waals surface area contributed by atoms with Gasteiger partial charge >= 0.3 is 18.2 Å². The summed E-state index contributed by atoms with van der Waals surface area (Å²) < 4.78 is 84.2. The van der Waals surface area contributed by atoms with Gasteiger partial charge in [0.25, 0.3) is 0 Å². The second-order valence-corrected chi connectivity index (χ2v) is 2.06. The molecule has 0 saturated carbocycles. The van der Waals surface area contributed by atoms with E-state index in [0.717, 1.165) is 0 Å². The lowest BCUT2D eigenvalue weighted by molar-refractivity contribution is -0.420. The average molecular weight is 234 g/mol. The van der Waals surface area contributed by atoms with Gasteiger partial charge in [-0.25, -0.2) is 0 Å². The van der Waals surface area contributed by atoms with Crippen LogP contribution in [0, 0.1) is 0 Å². The van der Waals surface area contributed by atoms with Gasteiger partial charge in [-0.2, -0.15) is 30.7 Å². The fourth-order valence-corrected chi connectivity index (χ4v) is 0.461. The lowest BCUT2D eigenvalue weighted by Gasteiger charge is -2.26. The molecule has 0 aromatic rings. The molecule has 0 N–H and O–H groups in total. The first-order valence-electron chi connectivity index (χ1n) is 2.58. The summed E-state index contributed by atoms with van der Waals surface area (Å²) in [5, 5.41) is 0. The van der Waals surface area contributed by atoms with Crippen LogP contribution in [0.4, 0.5) is 30.7 Å². The van der Waals surface area contributed by atoms with E-state index in [9.17, 15) is 30.7 Å². The molecule has 0 heterocycles. The van der Waals surface area contributed by atoms with Gasteiger partial charge < -0.3 is 0 Å². The minimum Gasteiger partial charge on any atom is -0.299 e. The Morgan fingerprint density at radius 2 is 1.31 bits per heavy atom. The summed E-state index contributed by atoms with van der Waals surface area (Å²) in [7, 11) is 0. The quantitative estimate of drug-likeness (QED) is 0.539. The Bertz CT molecular complexity index is 176. The average Bonchev–Trinajstić information content (AvgIpc) is 1.84. The molecule has 13 heavy (non-hydrogen) atoms. The molecule has 0 aromatic heterocycles. The Morgan fingerprint density at radius 3 is 1.54 bits per heavy atom. The molecule has 0 atom stereocenters. The van der Waals surface area contributed by atoms with E-state index in [0.29, 0.717) is 0 Å². The predicted octanol–water partition coefficient (Wildman–Crippen LogP) is 2.99. The minimum absolute atomic E-state index is 1.47. The van der Waals surface area contributed by atoms with Crippen LogP contribution in [0.15, 0.2) is 0 Å². The SMILES string of the molecule is FC(F)(F)C(F)(F)C(F)(F)OCCl. The van der Waals surface area contributed by atoms with Crippen molar-refractivity contribution in [2.45, 2.75) is 18.2 Å². The third-order valence-electron chi connectivity index (χ3n) is 0.957. The van der Waals surface area contributed by atoms with Gasteiger partial charge in [0.05, 0.1) is 0 Å². The third-order valence-corrected chi connectivity index (χ3v) is 1.07. The first-order valence-corrected chi connectivity index (χ1v) is 3.12. The van der Waals surface area contributed by atoms with E-state index < -0.39 is 24.3 Å². The highest BCUT2D eigenvalue weighted by molar-refractivity contribution is 6.17. The zero-order chi connectivity index (χ0) is 10.9.